The molecule has 2 rings (SSSR count). The molecule has 0 atom stereocenters. The van der Waals surface area contributed by atoms with Gasteiger partial charge in [0.2, 0.25) is 0 Å². The zero-order valence-electron chi connectivity index (χ0n) is 12.5. The van der Waals surface area contributed by atoms with Gasteiger partial charge in [-0.2, -0.15) is 0 Å². The van der Waals surface area contributed by atoms with E-state index in [0.29, 0.717) is 0 Å². The van der Waals surface area contributed by atoms with Crippen molar-refractivity contribution in [2.45, 2.75) is 32.6 Å². The van der Waals surface area contributed by atoms with Crippen molar-refractivity contribution in [2.75, 3.05) is 38.3 Å². The van der Waals surface area contributed by atoms with Crippen LogP contribution in [0.2, 0.25) is 0 Å². The molecule has 1 aromatic rings. The van der Waals surface area contributed by atoms with Gasteiger partial charge in [0, 0.05) is 13.1 Å². The van der Waals surface area contributed by atoms with Crippen LogP contribution in [-0.4, -0.2) is 33.4 Å². The molecule has 0 saturated carbocycles. The van der Waals surface area contributed by atoms with Gasteiger partial charge in [-0.3, -0.25) is 0 Å². The number of rotatable bonds is 4. The van der Waals surface area contributed by atoms with Crippen molar-refractivity contribution in [1.82, 2.24) is 0 Å². The first-order valence-corrected chi connectivity index (χ1v) is 7.09. The largest absolute Gasteiger partial charge is 0.495 e. The highest BCUT2D eigenvalue weighted by Gasteiger charge is 2.21. The molecular formula is C16H25NO2. The Hall–Kier alpha value is -1.22. The Morgan fingerprint density at radius 1 is 1.26 bits per heavy atom. The molecule has 0 spiro atoms. The van der Waals surface area contributed by atoms with E-state index in [-0.39, 0.29) is 5.41 Å². The average molecular weight is 263 g/mol. The van der Waals surface area contributed by atoms with Crippen LogP contribution >= 0.6 is 0 Å². The minimum atomic E-state index is 0.191. The number of hydrogen-bond acceptors (Lipinski definition) is 3. The molecule has 1 saturated heterocycles. The highest BCUT2D eigenvalue weighted by molar-refractivity contribution is 5.60. The zero-order chi connectivity index (χ0) is 13.9. The third-order valence-corrected chi connectivity index (χ3v) is 4.20. The van der Waals surface area contributed by atoms with E-state index < -0.39 is 0 Å². The first-order valence-electron chi connectivity index (χ1n) is 7.09. The van der Waals surface area contributed by atoms with E-state index in [0.717, 1.165) is 38.5 Å². The number of methoxy groups -OCH3 is 1. The van der Waals surface area contributed by atoms with Crippen LogP contribution in [0.1, 0.15) is 32.8 Å². The first kappa shape index (κ1) is 14.2. The molecular weight excluding hydrogens is 238 g/mol. The molecule has 106 valence electrons. The SMILES string of the molecule is CCC(C)(C)c1ccc(N2CCOCC2)c(OC)c1. The predicted octanol–water partition coefficient (Wildman–Crippen LogP) is 3.22. The molecule has 19 heavy (non-hydrogen) atoms. The normalized spacial score (nSPS) is 16.5. The summed E-state index contributed by atoms with van der Waals surface area (Å²) in [5, 5.41) is 0. The minimum absolute atomic E-state index is 0.191. The van der Waals surface area contributed by atoms with Gasteiger partial charge >= 0.3 is 0 Å². The summed E-state index contributed by atoms with van der Waals surface area (Å²) in [6, 6.07) is 6.61. The molecule has 0 amide bonds. The zero-order valence-corrected chi connectivity index (χ0v) is 12.5. The highest BCUT2D eigenvalue weighted by Crippen LogP contribution is 2.35. The fourth-order valence-electron chi connectivity index (χ4n) is 2.37. The fraction of sp³-hybridized carbons (Fsp3) is 0.625. The summed E-state index contributed by atoms with van der Waals surface area (Å²) in [4.78, 5) is 2.34. The Balaban J connectivity index is 2.30. The van der Waals surface area contributed by atoms with E-state index in [2.05, 4.69) is 43.9 Å². The van der Waals surface area contributed by atoms with Crippen LogP contribution in [0.5, 0.6) is 5.75 Å². The van der Waals surface area contributed by atoms with Gasteiger partial charge in [0.1, 0.15) is 5.75 Å². The third kappa shape index (κ3) is 3.03. The highest BCUT2D eigenvalue weighted by atomic mass is 16.5. The van der Waals surface area contributed by atoms with Crippen LogP contribution in [0.15, 0.2) is 18.2 Å². The summed E-state index contributed by atoms with van der Waals surface area (Å²) in [7, 11) is 1.75. The first-order chi connectivity index (χ1) is 9.08. The topological polar surface area (TPSA) is 21.7 Å². The van der Waals surface area contributed by atoms with E-state index in [4.69, 9.17) is 9.47 Å². The Morgan fingerprint density at radius 3 is 2.53 bits per heavy atom. The third-order valence-electron chi connectivity index (χ3n) is 4.20. The van der Waals surface area contributed by atoms with Gasteiger partial charge < -0.3 is 14.4 Å². The lowest BCUT2D eigenvalue weighted by Gasteiger charge is -2.31. The fourth-order valence-corrected chi connectivity index (χ4v) is 2.37. The maximum Gasteiger partial charge on any atom is 0.142 e. The van der Waals surface area contributed by atoms with Gasteiger partial charge in [0.15, 0.2) is 0 Å². The molecule has 0 aromatic heterocycles. The summed E-state index contributed by atoms with van der Waals surface area (Å²) in [5.74, 6) is 0.973. The summed E-state index contributed by atoms with van der Waals surface area (Å²) in [6.45, 7) is 10.2. The number of hydrogen-bond donors (Lipinski definition) is 0. The maximum absolute atomic E-state index is 5.60. The van der Waals surface area contributed by atoms with E-state index in [1.807, 2.05) is 0 Å². The number of benzene rings is 1. The number of morpholine rings is 1. The number of anilines is 1. The molecule has 1 fully saturated rings. The van der Waals surface area contributed by atoms with E-state index >= 15 is 0 Å². The van der Waals surface area contributed by atoms with Crippen LogP contribution in [-0.2, 0) is 10.2 Å². The molecule has 1 heterocycles. The number of ether oxygens (including phenoxy) is 2. The Bertz CT molecular complexity index is 423. The molecule has 1 aliphatic heterocycles. The monoisotopic (exact) mass is 263 g/mol. The second-order valence-corrected chi connectivity index (χ2v) is 5.72. The molecule has 1 aliphatic rings. The Labute approximate surface area is 116 Å². The van der Waals surface area contributed by atoms with Gasteiger partial charge in [-0.25, -0.2) is 0 Å². The van der Waals surface area contributed by atoms with Crippen LogP contribution in [0, 0.1) is 0 Å². The van der Waals surface area contributed by atoms with Gasteiger partial charge in [-0.05, 0) is 29.5 Å². The molecule has 3 heteroatoms. The lowest BCUT2D eigenvalue weighted by molar-refractivity contribution is 0.122. The van der Waals surface area contributed by atoms with E-state index in [1.54, 1.807) is 7.11 Å². The molecule has 0 radical (unpaired) electrons. The van der Waals surface area contributed by atoms with E-state index in [1.165, 1.54) is 11.3 Å². The molecule has 1 aromatic carbocycles. The minimum Gasteiger partial charge on any atom is -0.495 e. The summed E-state index contributed by atoms with van der Waals surface area (Å²) in [5.41, 5.74) is 2.71. The van der Waals surface area contributed by atoms with Gasteiger partial charge in [-0.15, -0.1) is 0 Å². The maximum atomic E-state index is 5.60. The van der Waals surface area contributed by atoms with Crippen LogP contribution in [0.25, 0.3) is 0 Å². The summed E-state index contributed by atoms with van der Waals surface area (Å²) >= 11 is 0. The van der Waals surface area contributed by atoms with Crippen LogP contribution in [0.3, 0.4) is 0 Å². The van der Waals surface area contributed by atoms with Crippen molar-refractivity contribution >= 4 is 5.69 Å². The Morgan fingerprint density at radius 2 is 1.95 bits per heavy atom. The van der Waals surface area contributed by atoms with Crippen molar-refractivity contribution < 1.29 is 9.47 Å². The molecule has 0 unspecified atom stereocenters. The Kier molecular flexibility index (Phi) is 4.35. The smallest absolute Gasteiger partial charge is 0.142 e. The van der Waals surface area contributed by atoms with E-state index in [9.17, 15) is 0 Å². The van der Waals surface area contributed by atoms with Gasteiger partial charge in [0.25, 0.3) is 0 Å². The summed E-state index contributed by atoms with van der Waals surface area (Å²) < 4.78 is 11.0. The van der Waals surface area contributed by atoms with Crippen LogP contribution < -0.4 is 9.64 Å². The van der Waals surface area contributed by atoms with Crippen molar-refractivity contribution in [2.24, 2.45) is 0 Å². The lowest BCUT2D eigenvalue weighted by Crippen LogP contribution is -2.36. The molecule has 0 aliphatic carbocycles. The predicted molar refractivity (Wildman–Crippen MR) is 79.3 cm³/mol. The lowest BCUT2D eigenvalue weighted by atomic mass is 9.82. The molecule has 0 bridgehead atoms. The quantitative estimate of drug-likeness (QED) is 0.832. The van der Waals surface area contributed by atoms with Gasteiger partial charge in [-0.1, -0.05) is 26.8 Å². The second-order valence-electron chi connectivity index (χ2n) is 5.72. The second kappa shape index (κ2) is 5.83. The van der Waals surface area contributed by atoms with Crippen molar-refractivity contribution in [1.29, 1.82) is 0 Å². The average Bonchev–Trinajstić information content (AvgIpc) is 2.47. The molecule has 3 nitrogen and oxygen atoms in total. The number of nitrogens with zero attached hydrogens (tertiary/aromatic N) is 1. The van der Waals surface area contributed by atoms with Crippen molar-refractivity contribution in [3.8, 4) is 5.75 Å². The molecule has 0 N–H and O–H groups in total. The standard InChI is InChI=1S/C16H25NO2/c1-5-16(2,3)13-6-7-14(15(12-13)18-4)17-8-10-19-11-9-17/h6-7,12H,5,8-11H2,1-4H3. The van der Waals surface area contributed by atoms with Crippen molar-refractivity contribution in [3.05, 3.63) is 23.8 Å². The summed E-state index contributed by atoms with van der Waals surface area (Å²) in [6.07, 6.45) is 1.12. The van der Waals surface area contributed by atoms with Crippen molar-refractivity contribution in [3.63, 3.8) is 0 Å². The van der Waals surface area contributed by atoms with Crippen LogP contribution in [0.4, 0.5) is 5.69 Å². The van der Waals surface area contributed by atoms with Gasteiger partial charge in [0.05, 0.1) is 26.0 Å².